The molecule has 50 heavy (non-hydrogen) atoms. The number of benzene rings is 8. The first kappa shape index (κ1) is 28.6. The summed E-state index contributed by atoms with van der Waals surface area (Å²) in [6, 6.07) is 64.8. The van der Waals surface area contributed by atoms with Crippen molar-refractivity contribution in [1.82, 2.24) is 0 Å². The molecule has 4 heteroatoms. The smallest absolute Gasteiger partial charge is 0.143 e. The van der Waals surface area contributed by atoms with Gasteiger partial charge in [0.25, 0.3) is 0 Å². The Kier molecular flexibility index (Phi) is 6.68. The zero-order valence-electron chi connectivity index (χ0n) is 27.0. The van der Waals surface area contributed by atoms with Gasteiger partial charge in [0.15, 0.2) is 0 Å². The highest BCUT2D eigenvalue weighted by atomic mass is 32.1. The molecule has 0 amide bonds. The molecule has 0 N–H and O–H groups in total. The van der Waals surface area contributed by atoms with Crippen LogP contribution in [0.3, 0.4) is 0 Å². The number of anilines is 6. The third-order valence-corrected chi connectivity index (χ3v) is 10.8. The summed E-state index contributed by atoms with van der Waals surface area (Å²) < 4.78 is 9.37. The second kappa shape index (κ2) is 11.7. The van der Waals surface area contributed by atoms with E-state index in [1.54, 1.807) is 0 Å². The number of fused-ring (bicyclic) bond motifs is 8. The molecule has 0 radical (unpaired) electrons. The second-order valence-electron chi connectivity index (χ2n) is 12.5. The Labute approximate surface area is 293 Å². The molecule has 0 aliphatic carbocycles. The standard InChI is InChI=1S/C46H30N2OS/c1-4-16-32(17-5-1)47(33-18-6-2-7-19-33)42-30-43-39(37-28-27-31-15-10-11-22-35(31)45(37)49-43)29-41(42)48(34-20-8-3-9-21-34)40-25-14-24-38-36-23-12-13-26-44(36)50-46(38)40/h1-30H. The summed E-state index contributed by atoms with van der Waals surface area (Å²) in [6.45, 7) is 0. The van der Waals surface area contributed by atoms with Crippen LogP contribution in [0.25, 0.3) is 52.9 Å². The van der Waals surface area contributed by atoms with E-state index in [2.05, 4.69) is 192 Å². The maximum absolute atomic E-state index is 6.84. The van der Waals surface area contributed by atoms with Crippen LogP contribution < -0.4 is 9.80 Å². The van der Waals surface area contributed by atoms with E-state index in [4.69, 9.17) is 4.42 Å². The fourth-order valence-electron chi connectivity index (χ4n) is 7.36. The molecule has 0 aliphatic rings. The molecule has 0 saturated heterocycles. The fraction of sp³-hybridized carbons (Fsp3) is 0. The Hall–Kier alpha value is -6.36. The number of furan rings is 1. The van der Waals surface area contributed by atoms with Crippen molar-refractivity contribution in [3.8, 4) is 0 Å². The molecule has 3 nitrogen and oxygen atoms in total. The number of nitrogens with zero attached hydrogens (tertiary/aromatic N) is 2. The molecule has 0 spiro atoms. The molecule has 8 aromatic carbocycles. The fourth-order valence-corrected chi connectivity index (χ4v) is 8.57. The lowest BCUT2D eigenvalue weighted by atomic mass is 10.0. The second-order valence-corrected chi connectivity index (χ2v) is 13.6. The Morgan fingerprint density at radius 1 is 0.380 bits per heavy atom. The summed E-state index contributed by atoms with van der Waals surface area (Å²) in [6.07, 6.45) is 0. The molecule has 0 unspecified atom stereocenters. The molecule has 236 valence electrons. The molecular formula is C46H30N2OS. The van der Waals surface area contributed by atoms with E-state index >= 15 is 0 Å². The highest BCUT2D eigenvalue weighted by molar-refractivity contribution is 7.26. The molecule has 0 aliphatic heterocycles. The predicted molar refractivity (Wildman–Crippen MR) is 213 cm³/mol. The van der Waals surface area contributed by atoms with Gasteiger partial charge in [0.2, 0.25) is 0 Å². The number of hydrogen-bond donors (Lipinski definition) is 0. The maximum Gasteiger partial charge on any atom is 0.143 e. The van der Waals surface area contributed by atoms with Crippen LogP contribution in [0.4, 0.5) is 34.1 Å². The average molecular weight is 659 g/mol. The monoisotopic (exact) mass is 658 g/mol. The van der Waals surface area contributed by atoms with Gasteiger partial charge in [-0.25, -0.2) is 0 Å². The van der Waals surface area contributed by atoms with Gasteiger partial charge in [-0.1, -0.05) is 115 Å². The minimum absolute atomic E-state index is 0.847. The van der Waals surface area contributed by atoms with E-state index in [0.717, 1.165) is 66.8 Å². The van der Waals surface area contributed by atoms with Gasteiger partial charge >= 0.3 is 0 Å². The molecule has 10 aromatic rings. The minimum Gasteiger partial charge on any atom is -0.455 e. The lowest BCUT2D eigenvalue weighted by Gasteiger charge is -2.33. The van der Waals surface area contributed by atoms with Gasteiger partial charge in [0.05, 0.1) is 21.8 Å². The number of hydrogen-bond acceptors (Lipinski definition) is 4. The SMILES string of the molecule is c1ccc(N(c2ccccc2)c2cc3oc4c5ccccc5ccc4c3cc2N(c2ccccc2)c2cccc3c2sc2ccccc23)cc1. The van der Waals surface area contributed by atoms with E-state index in [0.29, 0.717) is 0 Å². The van der Waals surface area contributed by atoms with E-state index in [1.807, 2.05) is 11.3 Å². The molecule has 0 bridgehead atoms. The van der Waals surface area contributed by atoms with E-state index < -0.39 is 0 Å². The van der Waals surface area contributed by atoms with Gasteiger partial charge in [-0.3, -0.25) is 0 Å². The van der Waals surface area contributed by atoms with Crippen molar-refractivity contribution in [2.75, 3.05) is 9.80 Å². The lowest BCUT2D eigenvalue weighted by Crippen LogP contribution is -2.17. The predicted octanol–water partition coefficient (Wildman–Crippen LogP) is 14.0. The number of thiophene rings is 1. The van der Waals surface area contributed by atoms with Crippen molar-refractivity contribution in [3.05, 3.63) is 182 Å². The first-order valence-corrected chi connectivity index (χ1v) is 17.7. The van der Waals surface area contributed by atoms with Gasteiger partial charge in [-0.15, -0.1) is 11.3 Å². The Balaban J connectivity index is 1.35. The van der Waals surface area contributed by atoms with Crippen LogP contribution in [0.15, 0.2) is 186 Å². The highest BCUT2D eigenvalue weighted by Gasteiger charge is 2.26. The lowest BCUT2D eigenvalue weighted by molar-refractivity contribution is 0.672. The Morgan fingerprint density at radius 3 is 1.68 bits per heavy atom. The summed E-state index contributed by atoms with van der Waals surface area (Å²) in [5.41, 5.74) is 8.16. The van der Waals surface area contributed by atoms with Crippen LogP contribution in [0.2, 0.25) is 0 Å². The van der Waals surface area contributed by atoms with E-state index in [9.17, 15) is 0 Å². The van der Waals surface area contributed by atoms with Crippen LogP contribution in [-0.2, 0) is 0 Å². The van der Waals surface area contributed by atoms with E-state index in [1.165, 1.54) is 20.2 Å². The third-order valence-electron chi connectivity index (χ3n) is 9.61. The Bertz CT molecular complexity index is 2780. The molecule has 10 rings (SSSR count). The molecular weight excluding hydrogens is 629 g/mol. The van der Waals surface area contributed by atoms with Gasteiger partial charge in [-0.05, 0) is 66.0 Å². The van der Waals surface area contributed by atoms with Crippen LogP contribution >= 0.6 is 11.3 Å². The van der Waals surface area contributed by atoms with Crippen molar-refractivity contribution >= 4 is 98.3 Å². The minimum atomic E-state index is 0.847. The molecule has 2 aromatic heterocycles. The summed E-state index contributed by atoms with van der Waals surface area (Å²) in [5, 5.41) is 7.00. The van der Waals surface area contributed by atoms with Gasteiger partial charge in [0, 0.05) is 54.8 Å². The normalized spacial score (nSPS) is 11.6. The maximum atomic E-state index is 6.84. The van der Waals surface area contributed by atoms with Crippen LogP contribution in [0, 0.1) is 0 Å². The van der Waals surface area contributed by atoms with Gasteiger partial charge < -0.3 is 14.2 Å². The van der Waals surface area contributed by atoms with Crippen molar-refractivity contribution < 1.29 is 4.42 Å². The van der Waals surface area contributed by atoms with Gasteiger partial charge in [0.1, 0.15) is 11.2 Å². The van der Waals surface area contributed by atoms with Crippen molar-refractivity contribution in [2.45, 2.75) is 0 Å². The van der Waals surface area contributed by atoms with Crippen molar-refractivity contribution in [2.24, 2.45) is 0 Å². The van der Waals surface area contributed by atoms with Crippen LogP contribution in [-0.4, -0.2) is 0 Å². The van der Waals surface area contributed by atoms with E-state index in [-0.39, 0.29) is 0 Å². The summed E-state index contributed by atoms with van der Waals surface area (Å²) in [7, 11) is 0. The highest BCUT2D eigenvalue weighted by Crippen LogP contribution is 2.51. The van der Waals surface area contributed by atoms with Gasteiger partial charge in [-0.2, -0.15) is 0 Å². The molecule has 2 heterocycles. The average Bonchev–Trinajstić information content (AvgIpc) is 3.75. The number of para-hydroxylation sites is 3. The summed E-state index contributed by atoms with van der Waals surface area (Å²) in [5.74, 6) is 0. The first-order chi connectivity index (χ1) is 24.8. The summed E-state index contributed by atoms with van der Waals surface area (Å²) >= 11 is 1.85. The molecule has 0 fully saturated rings. The summed E-state index contributed by atoms with van der Waals surface area (Å²) in [4.78, 5) is 4.78. The molecule has 0 atom stereocenters. The Morgan fingerprint density at radius 2 is 0.960 bits per heavy atom. The zero-order valence-corrected chi connectivity index (χ0v) is 27.8. The topological polar surface area (TPSA) is 19.6 Å². The zero-order chi connectivity index (χ0) is 33.0. The van der Waals surface area contributed by atoms with Crippen molar-refractivity contribution in [1.29, 1.82) is 0 Å². The van der Waals surface area contributed by atoms with Crippen LogP contribution in [0.1, 0.15) is 0 Å². The quantitative estimate of drug-likeness (QED) is 0.177. The number of rotatable bonds is 6. The molecule has 0 saturated carbocycles. The van der Waals surface area contributed by atoms with Crippen molar-refractivity contribution in [3.63, 3.8) is 0 Å². The van der Waals surface area contributed by atoms with Crippen LogP contribution in [0.5, 0.6) is 0 Å². The largest absolute Gasteiger partial charge is 0.455 e. The third kappa shape index (κ3) is 4.57. The first-order valence-electron chi connectivity index (χ1n) is 16.9.